The van der Waals surface area contributed by atoms with Crippen molar-refractivity contribution in [3.8, 4) is 6.07 Å². The fraction of sp³-hybridized carbons (Fsp3) is 0. The van der Waals surface area contributed by atoms with E-state index in [4.69, 9.17) is 22.6 Å². The van der Waals surface area contributed by atoms with E-state index in [0.717, 1.165) is 0 Å². The van der Waals surface area contributed by atoms with E-state index in [1.807, 2.05) is 6.07 Å². The fourth-order valence-electron chi connectivity index (χ4n) is 1.47. The molecule has 0 aliphatic heterocycles. The Morgan fingerprint density at radius 1 is 1.38 bits per heavy atom. The minimum Gasteiger partial charge on any atom is -0.397 e. The first-order chi connectivity index (χ1) is 9.83. The molecular formula is C12H8BrClN4O2S. The maximum atomic E-state index is 12.2. The first-order valence-corrected chi connectivity index (χ1v) is 8.12. The molecular weight excluding hydrogens is 380 g/mol. The first kappa shape index (κ1) is 15.6. The van der Waals surface area contributed by atoms with E-state index < -0.39 is 10.0 Å². The Labute approximate surface area is 134 Å². The van der Waals surface area contributed by atoms with Crippen molar-refractivity contribution in [3.63, 3.8) is 0 Å². The average Bonchev–Trinajstić information content (AvgIpc) is 2.42. The zero-order valence-electron chi connectivity index (χ0n) is 10.3. The highest BCUT2D eigenvalue weighted by Crippen LogP contribution is 2.26. The maximum absolute atomic E-state index is 12.2. The predicted octanol–water partition coefficient (Wildman–Crippen LogP) is 2.75. The predicted molar refractivity (Wildman–Crippen MR) is 83.3 cm³/mol. The van der Waals surface area contributed by atoms with Crippen LogP contribution in [0.1, 0.15) is 5.56 Å². The molecule has 0 unspecified atom stereocenters. The smallest absolute Gasteiger partial charge is 0.263 e. The van der Waals surface area contributed by atoms with Crippen LogP contribution >= 0.6 is 27.5 Å². The summed E-state index contributed by atoms with van der Waals surface area (Å²) in [6.45, 7) is 0. The molecule has 0 saturated carbocycles. The highest BCUT2D eigenvalue weighted by molar-refractivity contribution is 9.10. The van der Waals surface area contributed by atoms with Gasteiger partial charge in [0.25, 0.3) is 10.0 Å². The van der Waals surface area contributed by atoms with Crippen LogP contribution in [0.2, 0.25) is 5.02 Å². The van der Waals surface area contributed by atoms with Crippen molar-refractivity contribution in [2.75, 3.05) is 10.5 Å². The number of nitrogens with one attached hydrogen (secondary N) is 1. The Morgan fingerprint density at radius 3 is 2.67 bits per heavy atom. The van der Waals surface area contributed by atoms with Gasteiger partial charge < -0.3 is 5.73 Å². The second kappa shape index (κ2) is 5.89. The lowest BCUT2D eigenvalue weighted by molar-refractivity contribution is 0.601. The number of pyridine rings is 1. The van der Waals surface area contributed by atoms with Crippen LogP contribution in [0.15, 0.2) is 39.8 Å². The van der Waals surface area contributed by atoms with Crippen LogP contribution in [-0.4, -0.2) is 13.4 Å². The van der Waals surface area contributed by atoms with Crippen LogP contribution < -0.4 is 10.5 Å². The molecule has 21 heavy (non-hydrogen) atoms. The largest absolute Gasteiger partial charge is 0.397 e. The Morgan fingerprint density at radius 2 is 2.10 bits per heavy atom. The summed E-state index contributed by atoms with van der Waals surface area (Å²) in [7, 11) is -3.87. The summed E-state index contributed by atoms with van der Waals surface area (Å²) in [6.07, 6.45) is 1.33. The number of nitrogen functional groups attached to an aromatic ring is 1. The summed E-state index contributed by atoms with van der Waals surface area (Å²) in [5, 5.41) is 8.84. The second-order valence-corrected chi connectivity index (χ2v) is 6.90. The van der Waals surface area contributed by atoms with Crippen molar-refractivity contribution in [1.82, 2.24) is 4.98 Å². The zero-order chi connectivity index (χ0) is 15.6. The Kier molecular flexibility index (Phi) is 4.37. The molecule has 3 N–H and O–H groups in total. The molecule has 108 valence electrons. The molecule has 2 rings (SSSR count). The molecule has 0 atom stereocenters. The van der Waals surface area contributed by atoms with Crippen molar-refractivity contribution in [1.29, 1.82) is 5.26 Å². The van der Waals surface area contributed by atoms with Crippen LogP contribution in [0.4, 0.5) is 11.5 Å². The van der Waals surface area contributed by atoms with Crippen molar-refractivity contribution < 1.29 is 8.42 Å². The molecule has 6 nitrogen and oxygen atoms in total. The Balaban J connectivity index is 2.39. The van der Waals surface area contributed by atoms with E-state index in [1.165, 1.54) is 30.5 Å². The van der Waals surface area contributed by atoms with Crippen LogP contribution in [0.3, 0.4) is 0 Å². The standard InChI is InChI=1S/C12H8BrClN4O2S/c13-10-3-8(16)6-17-12(10)18-21(19,20)9-2-1-7(5-15)11(14)4-9/h1-4,6H,16H2,(H,17,18). The number of anilines is 2. The van der Waals surface area contributed by atoms with E-state index >= 15 is 0 Å². The number of rotatable bonds is 3. The number of aromatic nitrogens is 1. The highest BCUT2D eigenvalue weighted by atomic mass is 79.9. The molecule has 0 fully saturated rings. The van der Waals surface area contributed by atoms with Crippen molar-refractivity contribution in [2.24, 2.45) is 0 Å². The van der Waals surface area contributed by atoms with Crippen LogP contribution in [0, 0.1) is 11.3 Å². The summed E-state index contributed by atoms with van der Waals surface area (Å²) in [4.78, 5) is 3.82. The number of nitriles is 1. The maximum Gasteiger partial charge on any atom is 0.263 e. The van der Waals surface area contributed by atoms with Gasteiger partial charge in [0.15, 0.2) is 5.82 Å². The lowest BCUT2D eigenvalue weighted by Gasteiger charge is -2.09. The van der Waals surface area contributed by atoms with E-state index in [-0.39, 0.29) is 21.3 Å². The molecule has 9 heteroatoms. The lowest BCUT2D eigenvalue weighted by Crippen LogP contribution is -2.14. The van der Waals surface area contributed by atoms with Gasteiger partial charge >= 0.3 is 0 Å². The van der Waals surface area contributed by atoms with Gasteiger partial charge in [0.1, 0.15) is 6.07 Å². The summed E-state index contributed by atoms with van der Waals surface area (Å²) in [6, 6.07) is 7.21. The molecule has 2 aromatic rings. The number of hydrogen-bond donors (Lipinski definition) is 2. The number of hydrogen-bond acceptors (Lipinski definition) is 5. The number of nitrogens with zero attached hydrogens (tertiary/aromatic N) is 2. The van der Waals surface area contributed by atoms with Crippen LogP contribution in [0.25, 0.3) is 0 Å². The zero-order valence-corrected chi connectivity index (χ0v) is 13.5. The SMILES string of the molecule is N#Cc1ccc(S(=O)(=O)Nc2ncc(N)cc2Br)cc1Cl. The lowest BCUT2D eigenvalue weighted by atomic mass is 10.2. The van der Waals surface area contributed by atoms with Gasteiger partial charge in [-0.1, -0.05) is 11.6 Å². The Hall–Kier alpha value is -1.82. The van der Waals surface area contributed by atoms with E-state index in [1.54, 1.807) is 0 Å². The van der Waals surface area contributed by atoms with Gasteiger partial charge in [0, 0.05) is 0 Å². The van der Waals surface area contributed by atoms with Crippen molar-refractivity contribution in [3.05, 3.63) is 45.5 Å². The van der Waals surface area contributed by atoms with Gasteiger partial charge in [0.05, 0.1) is 31.8 Å². The molecule has 0 amide bonds. The van der Waals surface area contributed by atoms with Gasteiger partial charge in [-0.15, -0.1) is 0 Å². The van der Waals surface area contributed by atoms with Gasteiger partial charge in [-0.05, 0) is 40.2 Å². The van der Waals surface area contributed by atoms with Gasteiger partial charge in [-0.25, -0.2) is 13.4 Å². The van der Waals surface area contributed by atoms with Crippen molar-refractivity contribution >= 4 is 49.1 Å². The van der Waals surface area contributed by atoms with E-state index in [9.17, 15) is 8.42 Å². The topological polar surface area (TPSA) is 109 Å². The number of nitrogens with two attached hydrogens (primary N) is 1. The molecule has 0 saturated heterocycles. The van der Waals surface area contributed by atoms with Gasteiger partial charge in [0.2, 0.25) is 0 Å². The summed E-state index contributed by atoms with van der Waals surface area (Å²) < 4.78 is 27.2. The molecule has 1 heterocycles. The first-order valence-electron chi connectivity index (χ1n) is 5.47. The summed E-state index contributed by atoms with van der Waals surface area (Å²) in [5.74, 6) is 0.102. The highest BCUT2D eigenvalue weighted by Gasteiger charge is 2.18. The third-order valence-electron chi connectivity index (χ3n) is 2.46. The average molecular weight is 388 g/mol. The number of benzene rings is 1. The minimum atomic E-state index is -3.87. The van der Waals surface area contributed by atoms with E-state index in [0.29, 0.717) is 10.2 Å². The number of sulfonamides is 1. The molecule has 0 aliphatic rings. The minimum absolute atomic E-state index is 0.0599. The number of halogens is 2. The third kappa shape index (κ3) is 3.44. The third-order valence-corrected chi connectivity index (χ3v) is 4.72. The van der Waals surface area contributed by atoms with E-state index in [2.05, 4.69) is 25.6 Å². The molecule has 0 spiro atoms. The van der Waals surface area contributed by atoms with Crippen LogP contribution in [-0.2, 0) is 10.0 Å². The second-order valence-electron chi connectivity index (χ2n) is 3.96. The Bertz CT molecular complexity index is 849. The summed E-state index contributed by atoms with van der Waals surface area (Å²) >= 11 is 9.01. The van der Waals surface area contributed by atoms with Crippen LogP contribution in [0.5, 0.6) is 0 Å². The summed E-state index contributed by atoms with van der Waals surface area (Å²) in [5.41, 5.74) is 6.13. The molecule has 1 aromatic heterocycles. The van der Waals surface area contributed by atoms with Gasteiger partial charge in [-0.3, -0.25) is 4.72 Å². The van der Waals surface area contributed by atoms with Gasteiger partial charge in [-0.2, -0.15) is 5.26 Å². The molecule has 1 aromatic carbocycles. The van der Waals surface area contributed by atoms with Crippen molar-refractivity contribution in [2.45, 2.75) is 4.90 Å². The molecule has 0 aliphatic carbocycles. The normalized spacial score (nSPS) is 10.9. The molecule has 0 radical (unpaired) electrons. The monoisotopic (exact) mass is 386 g/mol. The quantitative estimate of drug-likeness (QED) is 0.841. The fourth-order valence-corrected chi connectivity index (χ4v) is 3.41. The molecule has 0 bridgehead atoms.